The highest BCUT2D eigenvalue weighted by atomic mass is 35.5. The van der Waals surface area contributed by atoms with Crippen molar-refractivity contribution in [1.82, 2.24) is 0 Å². The second-order valence-electron chi connectivity index (χ2n) is 6.99. The van der Waals surface area contributed by atoms with Crippen molar-refractivity contribution in [3.8, 4) is 23.0 Å². The van der Waals surface area contributed by atoms with Crippen molar-refractivity contribution < 1.29 is 28.5 Å². The third-order valence-corrected chi connectivity index (χ3v) is 4.87. The van der Waals surface area contributed by atoms with Gasteiger partial charge in [-0.1, -0.05) is 23.2 Å². The Bertz CT molecular complexity index is 1080. The van der Waals surface area contributed by atoms with Crippen LogP contribution in [0.5, 0.6) is 23.0 Å². The van der Waals surface area contributed by atoms with Gasteiger partial charge in [-0.3, -0.25) is 9.59 Å². The first-order chi connectivity index (χ1) is 16.7. The fraction of sp³-hybridized carbons (Fsp3) is 0.417. The number of benzene rings is 2. The molecule has 1 unspecified atom stereocenters. The summed E-state index contributed by atoms with van der Waals surface area (Å²) >= 11 is 12.5. The molecule has 0 bridgehead atoms. The molecule has 1 atom stereocenters. The highest BCUT2D eigenvalue weighted by Crippen LogP contribution is 2.40. The third-order valence-electron chi connectivity index (χ3n) is 4.37. The lowest BCUT2D eigenvalue weighted by atomic mass is 10.2. The molecule has 0 heterocycles. The molecule has 1 amide bonds. The number of hydrogen-bond donors (Lipinski definition) is 1. The smallest absolute Gasteiger partial charge is 0.258 e. The molecule has 0 fully saturated rings. The lowest BCUT2D eigenvalue weighted by Gasteiger charge is -2.17. The molecule has 0 aliphatic carbocycles. The summed E-state index contributed by atoms with van der Waals surface area (Å²) in [6, 6.07) is 4.73. The molecule has 0 aliphatic heterocycles. The maximum atomic E-state index is 13.0. The number of hydrogen-bond acceptors (Lipinski definition) is 8. The normalized spacial score (nSPS) is 11.7. The summed E-state index contributed by atoms with van der Waals surface area (Å²) in [4.78, 5) is 25.2. The summed E-state index contributed by atoms with van der Waals surface area (Å²) in [6.07, 6.45) is 0. The number of rotatable bonds is 13. The van der Waals surface area contributed by atoms with Gasteiger partial charge in [0.05, 0.1) is 42.8 Å². The molecule has 2 aromatic carbocycles. The first-order valence-corrected chi connectivity index (χ1v) is 11.9. The van der Waals surface area contributed by atoms with Crippen LogP contribution < -0.4 is 24.3 Å². The molecule has 11 heteroatoms. The van der Waals surface area contributed by atoms with Gasteiger partial charge in [-0.25, -0.2) is 0 Å². The van der Waals surface area contributed by atoms with Crippen molar-refractivity contribution >= 4 is 46.3 Å². The Morgan fingerprint density at radius 3 is 2.00 bits per heavy atom. The number of ether oxygens (including phenoxy) is 4. The van der Waals surface area contributed by atoms with Gasteiger partial charge < -0.3 is 24.3 Å². The average molecular weight is 526 g/mol. The minimum atomic E-state index is -1.43. The van der Waals surface area contributed by atoms with Gasteiger partial charge in [0.1, 0.15) is 0 Å². The fourth-order valence-corrected chi connectivity index (χ4v) is 3.49. The number of halogens is 2. The van der Waals surface area contributed by atoms with E-state index < -0.39 is 17.7 Å². The maximum Gasteiger partial charge on any atom is 0.258 e. The van der Waals surface area contributed by atoms with Crippen molar-refractivity contribution in [3.05, 3.63) is 34.3 Å². The molecule has 9 nitrogen and oxygen atoms in total. The predicted molar refractivity (Wildman–Crippen MR) is 135 cm³/mol. The van der Waals surface area contributed by atoms with E-state index in [0.29, 0.717) is 54.4 Å². The Hall–Kier alpha value is -3.04. The van der Waals surface area contributed by atoms with E-state index in [4.69, 9.17) is 42.1 Å². The number of azo groups is 1. The predicted octanol–water partition coefficient (Wildman–Crippen LogP) is 6.27. The minimum absolute atomic E-state index is 0.247. The van der Waals surface area contributed by atoms with E-state index in [2.05, 4.69) is 15.5 Å². The molecule has 190 valence electrons. The van der Waals surface area contributed by atoms with E-state index in [9.17, 15) is 9.59 Å². The van der Waals surface area contributed by atoms with Crippen LogP contribution >= 0.6 is 23.2 Å². The van der Waals surface area contributed by atoms with Crippen LogP contribution in [0.3, 0.4) is 0 Å². The minimum Gasteiger partial charge on any atom is -0.490 e. The fourth-order valence-electron chi connectivity index (χ4n) is 3.02. The van der Waals surface area contributed by atoms with E-state index in [0.717, 1.165) is 0 Å². The molecule has 0 aliphatic rings. The molecular weight excluding hydrogens is 497 g/mol. The monoisotopic (exact) mass is 525 g/mol. The van der Waals surface area contributed by atoms with Gasteiger partial charge in [0.25, 0.3) is 5.91 Å². The van der Waals surface area contributed by atoms with Crippen molar-refractivity contribution in [2.45, 2.75) is 40.7 Å². The Labute approximate surface area is 214 Å². The van der Waals surface area contributed by atoms with Crippen molar-refractivity contribution in [2.75, 3.05) is 31.7 Å². The van der Waals surface area contributed by atoms with E-state index in [1.165, 1.54) is 19.1 Å². The summed E-state index contributed by atoms with van der Waals surface area (Å²) in [5.41, 5.74) is 0.536. The molecule has 0 spiro atoms. The summed E-state index contributed by atoms with van der Waals surface area (Å²) in [5, 5.41) is 11.3. The van der Waals surface area contributed by atoms with Gasteiger partial charge in [0, 0.05) is 17.2 Å². The highest BCUT2D eigenvalue weighted by Gasteiger charge is 2.26. The van der Waals surface area contributed by atoms with Crippen LogP contribution in [0, 0.1) is 0 Å². The molecule has 0 radical (unpaired) electrons. The molecule has 1 N–H and O–H groups in total. The van der Waals surface area contributed by atoms with Gasteiger partial charge in [0.15, 0.2) is 28.8 Å². The van der Waals surface area contributed by atoms with Crippen LogP contribution in [0.4, 0.5) is 11.4 Å². The summed E-state index contributed by atoms with van der Waals surface area (Å²) in [5.74, 6) is 0.192. The zero-order valence-electron chi connectivity index (χ0n) is 20.3. The lowest BCUT2D eigenvalue weighted by Crippen LogP contribution is -2.32. The number of carbonyl (C=O) groups is 2. The Kier molecular flexibility index (Phi) is 11.1. The maximum absolute atomic E-state index is 13.0. The molecule has 0 aromatic heterocycles. The van der Waals surface area contributed by atoms with Crippen LogP contribution in [-0.2, 0) is 9.59 Å². The third kappa shape index (κ3) is 7.73. The number of carbonyl (C=O) groups excluding carboxylic acids is 2. The molecule has 35 heavy (non-hydrogen) atoms. The number of anilines is 1. The topological polar surface area (TPSA) is 108 Å². The van der Waals surface area contributed by atoms with Gasteiger partial charge in [-0.05, 0) is 46.8 Å². The SMILES string of the molecule is CCOc1cc(N=NC(C(C)=O)C(=O)Nc2cc(Cl)cc(OCC)c2OCC)cc(Cl)c1OCC. The summed E-state index contributed by atoms with van der Waals surface area (Å²) in [7, 11) is 0. The van der Waals surface area contributed by atoms with E-state index in [-0.39, 0.29) is 16.4 Å². The van der Waals surface area contributed by atoms with Crippen LogP contribution in [-0.4, -0.2) is 44.2 Å². The number of nitrogens with zero attached hydrogens (tertiary/aromatic N) is 2. The molecule has 2 aromatic rings. The standard InChI is InChI=1S/C24H29Cl2N3O6/c1-6-32-19-11-15(25)10-18(23(19)35-9-4)27-24(31)21(14(5)30)29-28-16-12-17(26)22(34-8-3)20(13-16)33-7-2/h10-13,21H,6-9H2,1-5H3,(H,27,31). The first kappa shape index (κ1) is 28.2. The molecule has 2 rings (SSSR count). The number of amides is 1. The Morgan fingerprint density at radius 2 is 1.43 bits per heavy atom. The zero-order chi connectivity index (χ0) is 26.0. The van der Waals surface area contributed by atoms with Gasteiger partial charge in [-0.2, -0.15) is 10.2 Å². The van der Waals surface area contributed by atoms with Crippen LogP contribution in [0.25, 0.3) is 0 Å². The summed E-state index contributed by atoms with van der Waals surface area (Å²) in [6.45, 7) is 9.94. The van der Waals surface area contributed by atoms with Crippen molar-refractivity contribution in [2.24, 2.45) is 10.2 Å². The summed E-state index contributed by atoms with van der Waals surface area (Å²) < 4.78 is 22.3. The van der Waals surface area contributed by atoms with E-state index in [1.807, 2.05) is 20.8 Å². The number of nitrogens with one attached hydrogen (secondary N) is 1. The largest absolute Gasteiger partial charge is 0.490 e. The highest BCUT2D eigenvalue weighted by molar-refractivity contribution is 6.32. The molecule has 0 saturated carbocycles. The van der Waals surface area contributed by atoms with Crippen molar-refractivity contribution in [3.63, 3.8) is 0 Å². The molecule has 0 saturated heterocycles. The molecular formula is C24H29Cl2N3O6. The van der Waals surface area contributed by atoms with Gasteiger partial charge in [-0.15, -0.1) is 0 Å². The number of Topliss-reactive ketones (excluding diaryl/α,β-unsaturated/α-hetero) is 1. The van der Waals surface area contributed by atoms with Crippen LogP contribution in [0.15, 0.2) is 34.5 Å². The Morgan fingerprint density at radius 1 is 0.857 bits per heavy atom. The van der Waals surface area contributed by atoms with Crippen LogP contribution in [0.1, 0.15) is 34.6 Å². The second kappa shape index (κ2) is 13.7. The second-order valence-corrected chi connectivity index (χ2v) is 7.83. The van der Waals surface area contributed by atoms with Gasteiger partial charge in [0.2, 0.25) is 6.04 Å². The van der Waals surface area contributed by atoms with Crippen molar-refractivity contribution in [1.29, 1.82) is 0 Å². The quantitative estimate of drug-likeness (QED) is 0.244. The first-order valence-electron chi connectivity index (χ1n) is 11.2. The van der Waals surface area contributed by atoms with Gasteiger partial charge >= 0.3 is 0 Å². The lowest BCUT2D eigenvalue weighted by molar-refractivity contribution is -0.126. The van der Waals surface area contributed by atoms with E-state index in [1.54, 1.807) is 19.1 Å². The average Bonchev–Trinajstić information content (AvgIpc) is 2.78. The zero-order valence-corrected chi connectivity index (χ0v) is 21.8. The Balaban J connectivity index is 2.36. The number of ketones is 1. The van der Waals surface area contributed by atoms with Crippen LogP contribution in [0.2, 0.25) is 10.0 Å². The van der Waals surface area contributed by atoms with E-state index >= 15 is 0 Å².